The highest BCUT2D eigenvalue weighted by Gasteiger charge is 2.21. The largest absolute Gasteiger partial charge is 0.489 e. The molecule has 5 nitrogen and oxygen atoms in total. The lowest BCUT2D eigenvalue weighted by Gasteiger charge is -2.16. The summed E-state index contributed by atoms with van der Waals surface area (Å²) in [6.45, 7) is 1.15. The van der Waals surface area contributed by atoms with Crippen molar-refractivity contribution in [2.75, 3.05) is 18.6 Å². The molecule has 0 saturated carbocycles. The highest BCUT2D eigenvalue weighted by Crippen LogP contribution is 2.25. The molecule has 0 N–H and O–H groups in total. The molecule has 3 rings (SSSR count). The first kappa shape index (κ1) is 16.1. The Morgan fingerprint density at radius 2 is 1.96 bits per heavy atom. The van der Waals surface area contributed by atoms with Gasteiger partial charge in [0.2, 0.25) is 5.91 Å². The number of amides is 1. The molecular weight excluding hydrogens is 306 g/mol. The van der Waals surface area contributed by atoms with E-state index in [0.717, 1.165) is 24.2 Å². The van der Waals surface area contributed by atoms with E-state index in [4.69, 9.17) is 4.74 Å². The van der Waals surface area contributed by atoms with E-state index in [9.17, 15) is 9.59 Å². The molecule has 1 amide bonds. The van der Waals surface area contributed by atoms with Crippen molar-refractivity contribution in [1.82, 2.24) is 0 Å². The number of esters is 1. The van der Waals surface area contributed by atoms with E-state index in [2.05, 4.69) is 4.74 Å². The molecule has 0 radical (unpaired) electrons. The molecule has 0 aliphatic carbocycles. The van der Waals surface area contributed by atoms with Crippen molar-refractivity contribution in [1.29, 1.82) is 0 Å². The molecule has 1 saturated heterocycles. The van der Waals surface area contributed by atoms with E-state index in [1.807, 2.05) is 36.4 Å². The predicted octanol–water partition coefficient (Wildman–Crippen LogP) is 3.18. The van der Waals surface area contributed by atoms with Gasteiger partial charge < -0.3 is 14.4 Å². The standard InChI is InChI=1S/C19H19NO4/c1-23-19(22)15-9-7-14(8-10-15)13-24-17-5-2-4-16(12-17)20-11-3-6-18(20)21/h2,4-5,7-10,12H,3,6,11,13H2,1H3. The lowest BCUT2D eigenvalue weighted by Crippen LogP contribution is -2.23. The monoisotopic (exact) mass is 325 g/mol. The molecule has 1 aliphatic rings. The summed E-state index contributed by atoms with van der Waals surface area (Å²) in [5, 5.41) is 0. The SMILES string of the molecule is COC(=O)c1ccc(COc2cccc(N3CCCC3=O)c2)cc1. The lowest BCUT2D eigenvalue weighted by molar-refractivity contribution is -0.117. The van der Waals surface area contributed by atoms with E-state index in [1.54, 1.807) is 17.0 Å². The predicted molar refractivity (Wildman–Crippen MR) is 90.1 cm³/mol. The third kappa shape index (κ3) is 3.56. The fourth-order valence-electron chi connectivity index (χ4n) is 2.68. The minimum absolute atomic E-state index is 0.158. The Morgan fingerprint density at radius 1 is 1.17 bits per heavy atom. The zero-order valence-corrected chi connectivity index (χ0v) is 13.5. The summed E-state index contributed by atoms with van der Waals surface area (Å²) < 4.78 is 10.5. The molecule has 0 spiro atoms. The number of ether oxygens (including phenoxy) is 2. The van der Waals surface area contributed by atoms with E-state index in [-0.39, 0.29) is 11.9 Å². The number of hydrogen-bond donors (Lipinski definition) is 0. The van der Waals surface area contributed by atoms with E-state index in [0.29, 0.717) is 24.3 Å². The number of carbonyl (C=O) groups excluding carboxylic acids is 2. The van der Waals surface area contributed by atoms with Gasteiger partial charge in [0.05, 0.1) is 12.7 Å². The first-order chi connectivity index (χ1) is 11.7. The van der Waals surface area contributed by atoms with Gasteiger partial charge in [0.25, 0.3) is 0 Å². The molecule has 0 atom stereocenters. The van der Waals surface area contributed by atoms with Gasteiger partial charge in [-0.25, -0.2) is 4.79 Å². The normalized spacial score (nSPS) is 13.9. The van der Waals surface area contributed by atoms with Crippen LogP contribution in [0.5, 0.6) is 5.75 Å². The van der Waals surface area contributed by atoms with Crippen LogP contribution in [0.25, 0.3) is 0 Å². The minimum atomic E-state index is -0.356. The molecule has 1 fully saturated rings. The third-order valence-corrected chi connectivity index (χ3v) is 3.98. The molecule has 2 aromatic carbocycles. The van der Waals surface area contributed by atoms with Gasteiger partial charge in [0.15, 0.2) is 0 Å². The average Bonchev–Trinajstić information content (AvgIpc) is 3.06. The lowest BCUT2D eigenvalue weighted by atomic mass is 10.1. The smallest absolute Gasteiger partial charge is 0.337 e. The van der Waals surface area contributed by atoms with Crippen LogP contribution in [0.2, 0.25) is 0 Å². The van der Waals surface area contributed by atoms with Gasteiger partial charge in [-0.15, -0.1) is 0 Å². The van der Waals surface area contributed by atoms with E-state index in [1.165, 1.54) is 7.11 Å². The van der Waals surface area contributed by atoms with Crippen LogP contribution in [-0.4, -0.2) is 25.5 Å². The van der Waals surface area contributed by atoms with Crippen molar-refractivity contribution in [3.63, 3.8) is 0 Å². The molecule has 0 unspecified atom stereocenters. The van der Waals surface area contributed by atoms with Crippen LogP contribution in [0.3, 0.4) is 0 Å². The zero-order valence-electron chi connectivity index (χ0n) is 13.5. The summed E-state index contributed by atoms with van der Waals surface area (Å²) in [4.78, 5) is 25.0. The summed E-state index contributed by atoms with van der Waals surface area (Å²) in [6, 6.07) is 14.6. The van der Waals surface area contributed by atoms with Crippen molar-refractivity contribution in [2.45, 2.75) is 19.4 Å². The first-order valence-electron chi connectivity index (χ1n) is 7.88. The molecule has 1 aliphatic heterocycles. The Kier molecular flexibility index (Phi) is 4.79. The van der Waals surface area contributed by atoms with Crippen molar-refractivity contribution < 1.29 is 19.1 Å². The summed E-state index contributed by atoms with van der Waals surface area (Å²) in [5.74, 6) is 0.514. The summed E-state index contributed by atoms with van der Waals surface area (Å²) in [5.41, 5.74) is 2.33. The van der Waals surface area contributed by atoms with Crippen LogP contribution in [0, 0.1) is 0 Å². The molecule has 0 aromatic heterocycles. The van der Waals surface area contributed by atoms with Crippen molar-refractivity contribution >= 4 is 17.6 Å². The Balaban J connectivity index is 1.64. The Morgan fingerprint density at radius 3 is 2.62 bits per heavy atom. The van der Waals surface area contributed by atoms with Crippen LogP contribution >= 0.6 is 0 Å². The van der Waals surface area contributed by atoms with Crippen LogP contribution in [0.15, 0.2) is 48.5 Å². The summed E-state index contributed by atoms with van der Waals surface area (Å²) in [7, 11) is 1.36. The molecule has 124 valence electrons. The number of rotatable bonds is 5. The molecule has 5 heteroatoms. The molecule has 1 heterocycles. The van der Waals surface area contributed by atoms with Gasteiger partial charge in [0, 0.05) is 24.7 Å². The van der Waals surface area contributed by atoms with Gasteiger partial charge in [-0.1, -0.05) is 18.2 Å². The fraction of sp³-hybridized carbons (Fsp3) is 0.263. The van der Waals surface area contributed by atoms with E-state index < -0.39 is 0 Å². The Labute approximate surface area is 140 Å². The second-order valence-corrected chi connectivity index (χ2v) is 5.62. The van der Waals surface area contributed by atoms with Gasteiger partial charge >= 0.3 is 5.97 Å². The quantitative estimate of drug-likeness (QED) is 0.792. The van der Waals surface area contributed by atoms with Crippen LogP contribution in [-0.2, 0) is 16.1 Å². The maximum atomic E-state index is 11.8. The molecule has 2 aromatic rings. The molecule has 0 bridgehead atoms. The van der Waals surface area contributed by atoms with Crippen LogP contribution in [0.1, 0.15) is 28.8 Å². The van der Waals surface area contributed by atoms with Crippen molar-refractivity contribution in [3.8, 4) is 5.75 Å². The van der Waals surface area contributed by atoms with Crippen LogP contribution in [0.4, 0.5) is 5.69 Å². The Bertz CT molecular complexity index is 739. The zero-order chi connectivity index (χ0) is 16.9. The van der Waals surface area contributed by atoms with Gasteiger partial charge in [0.1, 0.15) is 12.4 Å². The number of hydrogen-bond acceptors (Lipinski definition) is 4. The average molecular weight is 325 g/mol. The molecule has 24 heavy (non-hydrogen) atoms. The third-order valence-electron chi connectivity index (χ3n) is 3.98. The van der Waals surface area contributed by atoms with Gasteiger partial charge in [-0.2, -0.15) is 0 Å². The highest BCUT2D eigenvalue weighted by atomic mass is 16.5. The maximum Gasteiger partial charge on any atom is 0.337 e. The second-order valence-electron chi connectivity index (χ2n) is 5.62. The molecular formula is C19H19NO4. The van der Waals surface area contributed by atoms with Crippen LogP contribution < -0.4 is 9.64 Å². The second kappa shape index (κ2) is 7.17. The number of nitrogens with zero attached hydrogens (tertiary/aromatic N) is 1. The van der Waals surface area contributed by atoms with Gasteiger partial charge in [-0.3, -0.25) is 4.79 Å². The Hall–Kier alpha value is -2.82. The minimum Gasteiger partial charge on any atom is -0.489 e. The van der Waals surface area contributed by atoms with Crippen molar-refractivity contribution in [2.24, 2.45) is 0 Å². The number of benzene rings is 2. The number of anilines is 1. The highest BCUT2D eigenvalue weighted by molar-refractivity contribution is 5.95. The summed E-state index contributed by atoms with van der Waals surface area (Å²) in [6.07, 6.45) is 1.51. The number of methoxy groups -OCH3 is 1. The van der Waals surface area contributed by atoms with E-state index >= 15 is 0 Å². The first-order valence-corrected chi connectivity index (χ1v) is 7.88. The summed E-state index contributed by atoms with van der Waals surface area (Å²) >= 11 is 0. The van der Waals surface area contributed by atoms with Crippen molar-refractivity contribution in [3.05, 3.63) is 59.7 Å². The fourth-order valence-corrected chi connectivity index (χ4v) is 2.68. The maximum absolute atomic E-state index is 11.8. The van der Waals surface area contributed by atoms with Gasteiger partial charge in [-0.05, 0) is 36.2 Å². The number of carbonyl (C=O) groups is 2. The topological polar surface area (TPSA) is 55.8 Å².